The molecule has 5 heteroatoms. The summed E-state index contributed by atoms with van der Waals surface area (Å²) in [6, 6.07) is 0. The molecule has 4 rings (SSSR count). The van der Waals surface area contributed by atoms with Gasteiger partial charge in [0, 0.05) is 17.8 Å². The van der Waals surface area contributed by atoms with Crippen LogP contribution in [0, 0.1) is 34.5 Å². The molecule has 0 spiro atoms. The molecule has 0 heterocycles. The van der Waals surface area contributed by atoms with E-state index in [1.54, 1.807) is 0 Å². The van der Waals surface area contributed by atoms with Crippen LogP contribution in [0.2, 0.25) is 0 Å². The summed E-state index contributed by atoms with van der Waals surface area (Å²) in [6.07, 6.45) is 5.98. The molecule has 0 aliphatic heterocycles. The lowest BCUT2D eigenvalue weighted by molar-refractivity contribution is -0.177. The van der Waals surface area contributed by atoms with E-state index in [-0.39, 0.29) is 46.2 Å². The van der Waals surface area contributed by atoms with Gasteiger partial charge in [0.25, 0.3) is 0 Å². The van der Waals surface area contributed by atoms with Crippen molar-refractivity contribution < 1.29 is 19.8 Å². The Morgan fingerprint density at radius 1 is 1.19 bits per heavy atom. The molecule has 146 valence electrons. The molecule has 8 atom stereocenters. The number of carbonyl (C=O) groups is 2. The summed E-state index contributed by atoms with van der Waals surface area (Å²) in [5, 5.41) is 21.5. The number of carbonyl (C=O) groups excluding carboxylic acids is 2. The Bertz CT molecular complexity index is 636. The summed E-state index contributed by atoms with van der Waals surface area (Å²) in [6.45, 7) is 4.25. The summed E-state index contributed by atoms with van der Waals surface area (Å²) in [5.41, 5.74) is -2.03. The molecule has 4 nitrogen and oxygen atoms in total. The van der Waals surface area contributed by atoms with E-state index in [4.69, 9.17) is 0 Å². The van der Waals surface area contributed by atoms with Gasteiger partial charge in [-0.25, -0.2) is 0 Å². The Labute approximate surface area is 164 Å². The third-order valence-electron chi connectivity index (χ3n) is 9.06. The second-order valence-corrected chi connectivity index (χ2v) is 10.5. The van der Waals surface area contributed by atoms with Gasteiger partial charge in [-0.15, -0.1) is 0 Å². The van der Waals surface area contributed by atoms with Crippen molar-refractivity contribution in [3.05, 3.63) is 0 Å². The van der Waals surface area contributed by atoms with Crippen molar-refractivity contribution in [3.8, 4) is 0 Å². The Morgan fingerprint density at radius 2 is 1.92 bits per heavy atom. The number of hydrogen-bond acceptors (Lipinski definition) is 4. The maximum Gasteiger partial charge on any atom is 0.175 e. The Balaban J connectivity index is 1.70. The van der Waals surface area contributed by atoms with E-state index in [0.29, 0.717) is 18.8 Å². The number of rotatable bonds is 2. The van der Waals surface area contributed by atoms with Gasteiger partial charge in [-0.05, 0) is 68.1 Å². The normalized spacial score (nSPS) is 53.6. The molecule has 0 amide bonds. The number of alkyl halides is 1. The van der Waals surface area contributed by atoms with Crippen LogP contribution in [0.3, 0.4) is 0 Å². The number of halogens is 1. The molecule has 4 fully saturated rings. The average Bonchev–Trinajstić information content (AvgIpc) is 2.86. The first-order chi connectivity index (χ1) is 12.2. The van der Waals surface area contributed by atoms with Crippen molar-refractivity contribution in [2.45, 2.75) is 76.9 Å². The number of aliphatic hydroxyl groups is 2. The zero-order valence-electron chi connectivity index (χ0n) is 15.8. The van der Waals surface area contributed by atoms with E-state index in [1.165, 1.54) is 0 Å². The van der Waals surface area contributed by atoms with E-state index < -0.39 is 11.0 Å². The maximum absolute atomic E-state index is 13.4. The van der Waals surface area contributed by atoms with Crippen LogP contribution in [0.25, 0.3) is 0 Å². The summed E-state index contributed by atoms with van der Waals surface area (Å²) in [5.74, 6) is 1.05. The Kier molecular flexibility index (Phi) is 4.49. The highest BCUT2D eigenvalue weighted by Crippen LogP contribution is 2.67. The molecule has 26 heavy (non-hydrogen) atoms. The number of ketones is 2. The van der Waals surface area contributed by atoms with Crippen LogP contribution < -0.4 is 0 Å². The molecule has 4 aliphatic rings. The maximum atomic E-state index is 13.4. The van der Waals surface area contributed by atoms with Crippen LogP contribution in [-0.4, -0.2) is 38.8 Å². The lowest BCUT2D eigenvalue weighted by atomic mass is 9.44. The summed E-state index contributed by atoms with van der Waals surface area (Å²) in [7, 11) is 0. The zero-order chi connectivity index (χ0) is 18.9. The van der Waals surface area contributed by atoms with E-state index >= 15 is 0 Å². The molecule has 0 saturated heterocycles. The van der Waals surface area contributed by atoms with Gasteiger partial charge in [0.05, 0.1) is 11.4 Å². The van der Waals surface area contributed by atoms with Crippen molar-refractivity contribution in [2.75, 3.05) is 5.33 Å². The van der Waals surface area contributed by atoms with Gasteiger partial charge in [0.15, 0.2) is 5.78 Å². The Morgan fingerprint density at radius 3 is 2.62 bits per heavy atom. The second kappa shape index (κ2) is 6.12. The van der Waals surface area contributed by atoms with Crippen molar-refractivity contribution in [2.24, 2.45) is 34.5 Å². The third-order valence-corrected chi connectivity index (χ3v) is 9.57. The van der Waals surface area contributed by atoms with Crippen LogP contribution in [-0.2, 0) is 9.59 Å². The Hall–Kier alpha value is -0.260. The van der Waals surface area contributed by atoms with Crippen LogP contribution in [0.5, 0.6) is 0 Å². The fourth-order valence-corrected chi connectivity index (χ4v) is 8.09. The minimum Gasteiger partial charge on any atom is -0.393 e. The van der Waals surface area contributed by atoms with E-state index in [9.17, 15) is 19.8 Å². The zero-order valence-corrected chi connectivity index (χ0v) is 17.4. The fraction of sp³-hybridized carbons (Fsp3) is 0.905. The molecule has 2 N–H and O–H groups in total. The molecular weight excluding hydrogens is 396 g/mol. The lowest BCUT2D eigenvalue weighted by Gasteiger charge is -2.60. The quantitative estimate of drug-likeness (QED) is 0.664. The van der Waals surface area contributed by atoms with Crippen molar-refractivity contribution in [3.63, 3.8) is 0 Å². The van der Waals surface area contributed by atoms with Crippen LogP contribution >= 0.6 is 15.9 Å². The van der Waals surface area contributed by atoms with Gasteiger partial charge in [0.2, 0.25) is 0 Å². The minimum absolute atomic E-state index is 0.0271. The van der Waals surface area contributed by atoms with Gasteiger partial charge in [-0.2, -0.15) is 0 Å². The molecule has 0 aromatic heterocycles. The van der Waals surface area contributed by atoms with Crippen molar-refractivity contribution in [1.82, 2.24) is 0 Å². The summed E-state index contributed by atoms with van der Waals surface area (Å²) >= 11 is 3.23. The van der Waals surface area contributed by atoms with Gasteiger partial charge in [-0.3, -0.25) is 9.59 Å². The first-order valence-electron chi connectivity index (χ1n) is 10.2. The second-order valence-electron chi connectivity index (χ2n) is 9.97. The predicted molar refractivity (Wildman–Crippen MR) is 102 cm³/mol. The van der Waals surface area contributed by atoms with Gasteiger partial charge in [0.1, 0.15) is 11.4 Å². The number of Topliss-reactive ketones (excluding diaryl/α,β-unsaturated/α-hetero) is 2. The highest BCUT2D eigenvalue weighted by atomic mass is 79.9. The van der Waals surface area contributed by atoms with Crippen LogP contribution in [0.4, 0.5) is 0 Å². The predicted octanol–water partition coefficient (Wildman–Crippen LogP) is 3.26. The molecule has 0 aromatic rings. The van der Waals surface area contributed by atoms with Crippen LogP contribution in [0.1, 0.15) is 65.2 Å². The number of fused-ring (bicyclic) bond motifs is 5. The van der Waals surface area contributed by atoms with E-state index in [2.05, 4.69) is 22.9 Å². The smallest absolute Gasteiger partial charge is 0.175 e. The average molecular weight is 427 g/mol. The topological polar surface area (TPSA) is 74.6 Å². The molecule has 4 saturated carbocycles. The molecule has 0 aromatic carbocycles. The molecular formula is C21H31BrO4. The van der Waals surface area contributed by atoms with Gasteiger partial charge in [-0.1, -0.05) is 29.8 Å². The fourth-order valence-electron chi connectivity index (χ4n) is 7.62. The number of aliphatic hydroxyl groups excluding tert-OH is 1. The van der Waals surface area contributed by atoms with Gasteiger partial charge >= 0.3 is 0 Å². The lowest BCUT2D eigenvalue weighted by Crippen LogP contribution is -2.62. The summed E-state index contributed by atoms with van der Waals surface area (Å²) < 4.78 is 0. The first-order valence-corrected chi connectivity index (χ1v) is 11.3. The van der Waals surface area contributed by atoms with Crippen molar-refractivity contribution >= 4 is 27.5 Å². The van der Waals surface area contributed by atoms with Gasteiger partial charge < -0.3 is 10.2 Å². The highest BCUT2D eigenvalue weighted by Gasteiger charge is 2.68. The standard InChI is InChI=1S/C21H31BrO4/c1-19-7-5-13(23)9-12(19)3-4-14-15-6-8-21(26,17(25)11-22)20(15,2)10-16(24)18(14)19/h12-15,18,23,26H,3-11H2,1-2H3/t12?,13-,14+,15+,18-,19+,20+,21+/m1/s1. The van der Waals surface area contributed by atoms with E-state index in [0.717, 1.165) is 38.5 Å². The molecule has 0 bridgehead atoms. The first kappa shape index (κ1) is 19.1. The molecule has 1 unspecified atom stereocenters. The minimum atomic E-state index is -1.37. The molecule has 4 aliphatic carbocycles. The van der Waals surface area contributed by atoms with Crippen molar-refractivity contribution in [1.29, 1.82) is 0 Å². The molecule has 0 radical (unpaired) electrons. The largest absolute Gasteiger partial charge is 0.393 e. The summed E-state index contributed by atoms with van der Waals surface area (Å²) in [4.78, 5) is 26.0. The third kappa shape index (κ3) is 2.32. The monoisotopic (exact) mass is 426 g/mol. The van der Waals surface area contributed by atoms with E-state index in [1.807, 2.05) is 6.92 Å². The SMILES string of the molecule is C[C@]12CC[C@@H](O)CC1CC[C@@H]1[C@@H]2C(=O)C[C@@]2(C)[C@H]1CC[C@]2(O)C(=O)CBr. The highest BCUT2D eigenvalue weighted by molar-refractivity contribution is 9.09. The van der Waals surface area contributed by atoms with Crippen LogP contribution in [0.15, 0.2) is 0 Å². The number of hydrogen-bond donors (Lipinski definition) is 2.